The number of hydrogen-bond donors (Lipinski definition) is 2. The number of ether oxygens (including phenoxy) is 3. The molecule has 6 nitrogen and oxygen atoms in total. The van der Waals surface area contributed by atoms with Crippen molar-refractivity contribution in [1.82, 2.24) is 10.6 Å². The largest absolute Gasteiger partial charge is 0.444 e. The Hall–Kier alpha value is -2.93. The third-order valence-electron chi connectivity index (χ3n) is 5.64. The lowest BCUT2D eigenvalue weighted by Gasteiger charge is -2.19. The number of nitrogens with one attached hydrogen (secondary N) is 2. The smallest absolute Gasteiger partial charge is 0.407 e. The van der Waals surface area contributed by atoms with Crippen molar-refractivity contribution in [3.63, 3.8) is 0 Å². The summed E-state index contributed by atoms with van der Waals surface area (Å²) in [6, 6.07) is 19.8. The molecular formula is C28H34N2O4. The van der Waals surface area contributed by atoms with Crippen LogP contribution in [0.2, 0.25) is 0 Å². The Morgan fingerprint density at radius 1 is 0.765 bits per heavy atom. The highest BCUT2D eigenvalue weighted by molar-refractivity contribution is 6.23. The Balaban J connectivity index is 1.15. The van der Waals surface area contributed by atoms with Gasteiger partial charge in [-0.05, 0) is 58.7 Å². The van der Waals surface area contributed by atoms with E-state index in [0.29, 0.717) is 33.0 Å². The molecule has 1 amide bonds. The normalized spacial score (nSPS) is 12.1. The number of alkyl carbamates (subject to hydrolysis) is 1. The van der Waals surface area contributed by atoms with E-state index >= 15 is 0 Å². The molecular weight excluding hydrogens is 428 g/mol. The molecule has 4 aromatic carbocycles. The van der Waals surface area contributed by atoms with Crippen molar-refractivity contribution < 1.29 is 19.0 Å². The van der Waals surface area contributed by atoms with Gasteiger partial charge in [0, 0.05) is 19.6 Å². The molecule has 0 fully saturated rings. The highest BCUT2D eigenvalue weighted by Gasteiger charge is 2.15. The minimum Gasteiger partial charge on any atom is -0.444 e. The zero-order chi connectivity index (χ0) is 24.0. The summed E-state index contributed by atoms with van der Waals surface area (Å²) in [6.07, 6.45) is -0.428. The summed E-state index contributed by atoms with van der Waals surface area (Å²) < 4.78 is 16.3. The molecule has 0 saturated carbocycles. The first kappa shape index (κ1) is 24.2. The minimum absolute atomic E-state index is 0.412. The summed E-state index contributed by atoms with van der Waals surface area (Å²) in [5.74, 6) is 0. The van der Waals surface area contributed by atoms with E-state index in [2.05, 4.69) is 65.2 Å². The van der Waals surface area contributed by atoms with E-state index < -0.39 is 11.7 Å². The molecule has 0 aliphatic carbocycles. The van der Waals surface area contributed by atoms with Crippen LogP contribution in [0.4, 0.5) is 4.79 Å². The molecule has 180 valence electrons. The van der Waals surface area contributed by atoms with Crippen LogP contribution < -0.4 is 10.6 Å². The van der Waals surface area contributed by atoms with Crippen molar-refractivity contribution >= 4 is 38.4 Å². The predicted octanol–water partition coefficient (Wildman–Crippen LogP) is 5.23. The molecule has 34 heavy (non-hydrogen) atoms. The molecule has 0 aromatic heterocycles. The van der Waals surface area contributed by atoms with Gasteiger partial charge in [0.15, 0.2) is 0 Å². The second kappa shape index (κ2) is 11.0. The van der Waals surface area contributed by atoms with E-state index in [9.17, 15) is 4.79 Å². The number of amides is 1. The van der Waals surface area contributed by atoms with E-state index in [-0.39, 0.29) is 0 Å². The first-order valence-corrected chi connectivity index (χ1v) is 11.9. The SMILES string of the molecule is CC(C)(C)OC(=O)NCCOCCOCCNCc1ccc2ccc3cccc4ccc1c2c34. The van der Waals surface area contributed by atoms with Crippen LogP contribution in [0, 0.1) is 0 Å². The Morgan fingerprint density at radius 3 is 2.09 bits per heavy atom. The summed E-state index contributed by atoms with van der Waals surface area (Å²) in [5.41, 5.74) is 0.804. The number of benzene rings is 4. The van der Waals surface area contributed by atoms with Crippen molar-refractivity contribution in [2.45, 2.75) is 32.9 Å². The van der Waals surface area contributed by atoms with Gasteiger partial charge in [-0.2, -0.15) is 0 Å². The first-order valence-electron chi connectivity index (χ1n) is 11.9. The number of rotatable bonds is 11. The van der Waals surface area contributed by atoms with Gasteiger partial charge in [0.05, 0.1) is 26.4 Å². The molecule has 0 aliphatic rings. The maximum atomic E-state index is 11.5. The molecule has 0 bridgehead atoms. The Kier molecular flexibility index (Phi) is 7.83. The Bertz CT molecular complexity index is 1220. The zero-order valence-corrected chi connectivity index (χ0v) is 20.3. The highest BCUT2D eigenvalue weighted by atomic mass is 16.6. The van der Waals surface area contributed by atoms with Gasteiger partial charge in [-0.25, -0.2) is 4.79 Å². The molecule has 0 spiro atoms. The van der Waals surface area contributed by atoms with Gasteiger partial charge in [-0.1, -0.05) is 54.6 Å². The molecule has 0 aliphatic heterocycles. The molecule has 0 atom stereocenters. The lowest BCUT2D eigenvalue weighted by molar-refractivity contribution is 0.0403. The standard InChI is InChI=1S/C28H34N2O4/c1-28(2,3)34-27(31)30-14-16-33-18-17-32-15-13-29-19-23-10-9-22-8-7-20-5-4-6-21-11-12-24(23)26(22)25(20)21/h4-12,29H,13-19H2,1-3H3,(H,30,31). The van der Waals surface area contributed by atoms with Gasteiger partial charge < -0.3 is 24.8 Å². The lowest BCUT2D eigenvalue weighted by atomic mass is 9.92. The zero-order valence-electron chi connectivity index (χ0n) is 20.3. The van der Waals surface area contributed by atoms with Crippen molar-refractivity contribution in [3.05, 3.63) is 60.2 Å². The maximum absolute atomic E-state index is 11.5. The topological polar surface area (TPSA) is 68.8 Å². The van der Waals surface area contributed by atoms with E-state index in [1.54, 1.807) is 0 Å². The van der Waals surface area contributed by atoms with Gasteiger partial charge in [-0.15, -0.1) is 0 Å². The molecule has 0 heterocycles. The average molecular weight is 463 g/mol. The van der Waals surface area contributed by atoms with Gasteiger partial charge in [0.2, 0.25) is 0 Å². The van der Waals surface area contributed by atoms with Crippen LogP contribution in [0.25, 0.3) is 32.3 Å². The fraction of sp³-hybridized carbons (Fsp3) is 0.393. The van der Waals surface area contributed by atoms with Gasteiger partial charge >= 0.3 is 6.09 Å². The summed E-state index contributed by atoms with van der Waals surface area (Å²) >= 11 is 0. The Labute approximate surface area is 200 Å². The molecule has 0 unspecified atom stereocenters. The second-order valence-corrected chi connectivity index (χ2v) is 9.41. The van der Waals surface area contributed by atoms with Gasteiger partial charge in [-0.3, -0.25) is 0 Å². The number of hydrogen-bond acceptors (Lipinski definition) is 5. The fourth-order valence-corrected chi connectivity index (χ4v) is 4.18. The van der Waals surface area contributed by atoms with Crippen molar-refractivity contribution in [1.29, 1.82) is 0 Å². The molecule has 6 heteroatoms. The van der Waals surface area contributed by atoms with Crippen LogP contribution in [0.1, 0.15) is 26.3 Å². The van der Waals surface area contributed by atoms with E-state index in [1.165, 1.54) is 37.9 Å². The van der Waals surface area contributed by atoms with E-state index in [4.69, 9.17) is 14.2 Å². The first-order chi connectivity index (χ1) is 16.4. The summed E-state index contributed by atoms with van der Waals surface area (Å²) in [6.45, 7) is 9.53. The highest BCUT2D eigenvalue weighted by Crippen LogP contribution is 2.35. The molecule has 0 saturated heterocycles. The monoisotopic (exact) mass is 462 g/mol. The van der Waals surface area contributed by atoms with Crippen molar-refractivity contribution in [3.8, 4) is 0 Å². The number of carbonyl (C=O) groups excluding carboxylic acids is 1. The predicted molar refractivity (Wildman–Crippen MR) is 138 cm³/mol. The quantitative estimate of drug-likeness (QED) is 0.236. The summed E-state index contributed by atoms with van der Waals surface area (Å²) in [5, 5.41) is 14.0. The third-order valence-corrected chi connectivity index (χ3v) is 5.64. The summed E-state index contributed by atoms with van der Waals surface area (Å²) in [4.78, 5) is 11.5. The lowest BCUT2D eigenvalue weighted by Crippen LogP contribution is -2.34. The van der Waals surface area contributed by atoms with Crippen LogP contribution in [0.3, 0.4) is 0 Å². The van der Waals surface area contributed by atoms with Crippen LogP contribution in [-0.2, 0) is 20.8 Å². The second-order valence-electron chi connectivity index (χ2n) is 9.41. The van der Waals surface area contributed by atoms with E-state index in [1.807, 2.05) is 20.8 Å². The van der Waals surface area contributed by atoms with Crippen LogP contribution in [0.5, 0.6) is 0 Å². The van der Waals surface area contributed by atoms with E-state index in [0.717, 1.165) is 13.1 Å². The molecule has 0 radical (unpaired) electrons. The maximum Gasteiger partial charge on any atom is 0.407 e. The van der Waals surface area contributed by atoms with Crippen molar-refractivity contribution in [2.75, 3.05) is 39.5 Å². The molecule has 2 N–H and O–H groups in total. The molecule has 4 rings (SSSR count). The van der Waals surface area contributed by atoms with Gasteiger partial charge in [0.25, 0.3) is 0 Å². The fourth-order valence-electron chi connectivity index (χ4n) is 4.18. The summed E-state index contributed by atoms with van der Waals surface area (Å²) in [7, 11) is 0. The van der Waals surface area contributed by atoms with Crippen LogP contribution in [-0.4, -0.2) is 51.2 Å². The van der Waals surface area contributed by atoms with Crippen molar-refractivity contribution in [2.24, 2.45) is 0 Å². The third kappa shape index (κ3) is 6.14. The van der Waals surface area contributed by atoms with Crippen LogP contribution >= 0.6 is 0 Å². The molecule has 4 aromatic rings. The minimum atomic E-state index is -0.493. The average Bonchev–Trinajstić information content (AvgIpc) is 2.80. The number of carbonyl (C=O) groups is 1. The Morgan fingerprint density at radius 2 is 1.38 bits per heavy atom. The van der Waals surface area contributed by atoms with Gasteiger partial charge in [0.1, 0.15) is 5.60 Å². The van der Waals surface area contributed by atoms with Crippen LogP contribution in [0.15, 0.2) is 54.6 Å².